The number of likely N-dealkylation sites (N-methyl/N-ethyl adjacent to an activating group) is 1. The van der Waals surface area contributed by atoms with Crippen molar-refractivity contribution in [3.05, 3.63) is 52.2 Å². The van der Waals surface area contributed by atoms with Gasteiger partial charge in [0, 0.05) is 24.3 Å². The second-order valence-electron chi connectivity index (χ2n) is 5.91. The van der Waals surface area contributed by atoms with E-state index < -0.39 is 0 Å². The van der Waals surface area contributed by atoms with Crippen molar-refractivity contribution in [2.45, 2.75) is 19.4 Å². The number of cyclic esters (lactones) is 1. The fourth-order valence-electron chi connectivity index (χ4n) is 2.70. The number of ether oxygens (including phenoxy) is 1. The standard InChI is InChI=1S/C18H20N2O3S/c1-13(11-14-7-10-24-12-14)19(2)17(21)15-3-5-16(6-4-15)20-8-9-23-18(20)22/h3-7,10,12-13H,8-9,11H2,1-2H3. The van der Waals surface area contributed by atoms with E-state index in [1.54, 1.807) is 45.4 Å². The first-order chi connectivity index (χ1) is 11.6. The van der Waals surface area contributed by atoms with Crippen LogP contribution < -0.4 is 4.90 Å². The molecule has 24 heavy (non-hydrogen) atoms. The minimum absolute atomic E-state index is 0.0201. The van der Waals surface area contributed by atoms with Gasteiger partial charge in [-0.1, -0.05) is 0 Å². The van der Waals surface area contributed by atoms with Crippen LogP contribution in [0.25, 0.3) is 0 Å². The highest BCUT2D eigenvalue weighted by Gasteiger charge is 2.24. The molecule has 5 nitrogen and oxygen atoms in total. The quantitative estimate of drug-likeness (QED) is 0.835. The molecule has 1 atom stereocenters. The summed E-state index contributed by atoms with van der Waals surface area (Å²) in [4.78, 5) is 27.5. The Morgan fingerprint density at radius 3 is 2.67 bits per heavy atom. The number of carbonyl (C=O) groups excluding carboxylic acids is 2. The molecule has 0 aliphatic carbocycles. The van der Waals surface area contributed by atoms with E-state index in [-0.39, 0.29) is 18.0 Å². The van der Waals surface area contributed by atoms with Crippen LogP contribution in [0.5, 0.6) is 0 Å². The number of rotatable bonds is 5. The molecule has 3 rings (SSSR count). The van der Waals surface area contributed by atoms with Gasteiger partial charge in [-0.3, -0.25) is 9.69 Å². The van der Waals surface area contributed by atoms with E-state index in [1.165, 1.54) is 5.56 Å². The number of nitrogens with zero attached hydrogens (tertiary/aromatic N) is 2. The highest BCUT2D eigenvalue weighted by Crippen LogP contribution is 2.20. The zero-order valence-corrected chi connectivity index (χ0v) is 14.6. The molecule has 1 fully saturated rings. The summed E-state index contributed by atoms with van der Waals surface area (Å²) in [6.07, 6.45) is 0.499. The van der Waals surface area contributed by atoms with Gasteiger partial charge in [-0.05, 0) is 60.0 Å². The Kier molecular flexibility index (Phi) is 4.85. The lowest BCUT2D eigenvalue weighted by Gasteiger charge is -2.25. The molecule has 2 heterocycles. The smallest absolute Gasteiger partial charge is 0.414 e. The Balaban J connectivity index is 1.66. The van der Waals surface area contributed by atoms with Crippen molar-refractivity contribution >= 4 is 29.0 Å². The van der Waals surface area contributed by atoms with Crippen molar-refractivity contribution < 1.29 is 14.3 Å². The lowest BCUT2D eigenvalue weighted by molar-refractivity contribution is 0.0743. The van der Waals surface area contributed by atoms with Gasteiger partial charge < -0.3 is 9.64 Å². The van der Waals surface area contributed by atoms with E-state index in [0.717, 1.165) is 12.1 Å². The van der Waals surface area contributed by atoms with Crippen LogP contribution in [0.3, 0.4) is 0 Å². The molecule has 1 aliphatic heterocycles. The molecule has 1 unspecified atom stereocenters. The topological polar surface area (TPSA) is 49.9 Å². The predicted octanol–water partition coefficient (Wildman–Crippen LogP) is 3.41. The van der Waals surface area contributed by atoms with Gasteiger partial charge in [0.15, 0.2) is 0 Å². The first-order valence-corrected chi connectivity index (χ1v) is 8.83. The molecule has 1 aromatic heterocycles. The third-order valence-electron chi connectivity index (χ3n) is 4.28. The first kappa shape index (κ1) is 16.5. The molecule has 0 spiro atoms. The van der Waals surface area contributed by atoms with Crippen molar-refractivity contribution in [1.29, 1.82) is 0 Å². The van der Waals surface area contributed by atoms with Crippen LogP contribution in [-0.2, 0) is 11.2 Å². The molecule has 0 saturated carbocycles. The normalized spacial score (nSPS) is 15.2. The second-order valence-corrected chi connectivity index (χ2v) is 6.69. The minimum Gasteiger partial charge on any atom is -0.447 e. The summed E-state index contributed by atoms with van der Waals surface area (Å²) in [6.45, 7) is 3.00. The fourth-order valence-corrected chi connectivity index (χ4v) is 3.38. The Labute approximate surface area is 145 Å². The van der Waals surface area contributed by atoms with E-state index in [2.05, 4.69) is 11.4 Å². The number of anilines is 1. The van der Waals surface area contributed by atoms with Gasteiger partial charge in [-0.2, -0.15) is 11.3 Å². The maximum atomic E-state index is 12.6. The molecule has 0 N–H and O–H groups in total. The highest BCUT2D eigenvalue weighted by atomic mass is 32.1. The summed E-state index contributed by atoms with van der Waals surface area (Å²) < 4.78 is 4.93. The number of carbonyl (C=O) groups is 2. The van der Waals surface area contributed by atoms with E-state index in [4.69, 9.17) is 4.74 Å². The molecule has 1 aromatic carbocycles. The van der Waals surface area contributed by atoms with Gasteiger partial charge in [0.05, 0.1) is 6.54 Å². The Morgan fingerprint density at radius 2 is 2.08 bits per heavy atom. The van der Waals surface area contributed by atoms with E-state index in [1.807, 2.05) is 19.4 Å². The Bertz CT molecular complexity index is 712. The molecule has 2 amide bonds. The SMILES string of the molecule is CC(Cc1ccsc1)N(C)C(=O)c1ccc(N2CCOC2=O)cc1. The molecule has 6 heteroatoms. The van der Waals surface area contributed by atoms with Crippen LogP contribution in [0.15, 0.2) is 41.1 Å². The molecule has 0 radical (unpaired) electrons. The highest BCUT2D eigenvalue weighted by molar-refractivity contribution is 7.07. The predicted molar refractivity (Wildman–Crippen MR) is 94.7 cm³/mol. The number of hydrogen-bond donors (Lipinski definition) is 0. The fraction of sp³-hybridized carbons (Fsp3) is 0.333. The third-order valence-corrected chi connectivity index (χ3v) is 5.01. The van der Waals surface area contributed by atoms with Crippen molar-refractivity contribution in [2.24, 2.45) is 0 Å². The van der Waals surface area contributed by atoms with Crippen LogP contribution >= 0.6 is 11.3 Å². The monoisotopic (exact) mass is 344 g/mol. The molecule has 126 valence electrons. The van der Waals surface area contributed by atoms with Crippen molar-refractivity contribution in [2.75, 3.05) is 25.1 Å². The first-order valence-electron chi connectivity index (χ1n) is 7.89. The summed E-state index contributed by atoms with van der Waals surface area (Å²) >= 11 is 1.67. The molecular formula is C18H20N2O3S. The largest absolute Gasteiger partial charge is 0.447 e. The lowest BCUT2D eigenvalue weighted by atomic mass is 10.1. The van der Waals surface area contributed by atoms with Gasteiger partial charge in [-0.25, -0.2) is 4.79 Å². The summed E-state index contributed by atoms with van der Waals surface area (Å²) in [5.74, 6) is -0.0201. The van der Waals surface area contributed by atoms with E-state index >= 15 is 0 Å². The van der Waals surface area contributed by atoms with E-state index in [0.29, 0.717) is 18.7 Å². The Hall–Kier alpha value is -2.34. The summed E-state index contributed by atoms with van der Waals surface area (Å²) in [5.41, 5.74) is 2.61. The van der Waals surface area contributed by atoms with Gasteiger partial charge in [-0.15, -0.1) is 0 Å². The van der Waals surface area contributed by atoms with Crippen LogP contribution in [0, 0.1) is 0 Å². The van der Waals surface area contributed by atoms with Crippen molar-refractivity contribution in [1.82, 2.24) is 4.90 Å². The van der Waals surface area contributed by atoms with E-state index in [9.17, 15) is 9.59 Å². The zero-order valence-electron chi connectivity index (χ0n) is 13.8. The molecule has 1 aliphatic rings. The maximum Gasteiger partial charge on any atom is 0.414 e. The van der Waals surface area contributed by atoms with Crippen LogP contribution in [0.1, 0.15) is 22.8 Å². The summed E-state index contributed by atoms with van der Waals surface area (Å²) in [7, 11) is 1.82. The van der Waals surface area contributed by atoms with Gasteiger partial charge in [0.1, 0.15) is 6.61 Å². The van der Waals surface area contributed by atoms with Crippen molar-refractivity contribution in [3.8, 4) is 0 Å². The van der Waals surface area contributed by atoms with Gasteiger partial charge in [0.25, 0.3) is 5.91 Å². The molecular weight excluding hydrogens is 324 g/mol. The molecule has 2 aromatic rings. The maximum absolute atomic E-state index is 12.6. The van der Waals surface area contributed by atoms with Gasteiger partial charge in [0.2, 0.25) is 0 Å². The van der Waals surface area contributed by atoms with Crippen LogP contribution in [-0.4, -0.2) is 43.1 Å². The van der Waals surface area contributed by atoms with Crippen LogP contribution in [0.2, 0.25) is 0 Å². The number of benzene rings is 1. The second kappa shape index (κ2) is 7.05. The molecule has 0 bridgehead atoms. The zero-order chi connectivity index (χ0) is 17.1. The average molecular weight is 344 g/mol. The summed E-state index contributed by atoms with van der Waals surface area (Å²) in [6, 6.07) is 9.30. The number of amides is 2. The van der Waals surface area contributed by atoms with Gasteiger partial charge >= 0.3 is 6.09 Å². The molecule has 1 saturated heterocycles. The lowest BCUT2D eigenvalue weighted by Crippen LogP contribution is -2.36. The Morgan fingerprint density at radius 1 is 1.33 bits per heavy atom. The minimum atomic E-state index is -0.337. The number of thiophene rings is 1. The summed E-state index contributed by atoms with van der Waals surface area (Å²) in [5, 5.41) is 4.16. The third kappa shape index (κ3) is 3.43. The number of hydrogen-bond acceptors (Lipinski definition) is 4. The van der Waals surface area contributed by atoms with Crippen molar-refractivity contribution in [3.63, 3.8) is 0 Å². The average Bonchev–Trinajstić information content (AvgIpc) is 3.25. The van der Waals surface area contributed by atoms with Crippen LogP contribution in [0.4, 0.5) is 10.5 Å².